The number of carbonyl (C=O) groups excluding carboxylic acids is 4. The summed E-state index contributed by atoms with van der Waals surface area (Å²) in [5, 5.41) is 358. The van der Waals surface area contributed by atoms with Crippen LogP contribution in [-0.2, 0) is 52.7 Å². The molecule has 43 heteroatoms. The second kappa shape index (κ2) is 33.3. The monoisotopic (exact) mass is 1860 g/mol. The van der Waals surface area contributed by atoms with Gasteiger partial charge in [0, 0.05) is 128 Å². The van der Waals surface area contributed by atoms with E-state index < -0.39 is 406 Å². The molecule has 0 amide bonds. The van der Waals surface area contributed by atoms with Crippen molar-refractivity contribution in [2.24, 2.45) is 0 Å². The summed E-state index contributed by atoms with van der Waals surface area (Å²) in [4.78, 5) is 57.4. The third-order valence-corrected chi connectivity index (χ3v) is 23.0. The molecule has 43 nitrogen and oxygen atoms in total. The molecular weight excluding hydrogens is 1790 g/mol. The minimum atomic E-state index is -2.09. The van der Waals surface area contributed by atoms with Crippen LogP contribution in [0.3, 0.4) is 0 Å². The third-order valence-electron chi connectivity index (χ3n) is 23.0. The highest BCUT2D eigenvalue weighted by atomic mass is 16.6. The standard InChI is InChI=1S/C92H70O43/c93-47-25-48(94)38-21-67(129-89(125)31-9-59(105)79(121)60(106)10-31)35(27-1-51(97)75(117)52(98)2-27)17-36(38)37(47)18-41-71(113)43(87-45(73(41)115)23-69(84(134-87)29-5-55(101)77(119)56(102)6-29)131-91(127)33-13-63(109)81(123)64(110)14-33)20-44-72(114)42(74(116)46-24-70(132-92(128)34-15-65(111)82(124)66(112)16-34)85(135-88(44)46)30-7-57(103)78(120)58(104)8-30)19-39-49(95)26-50(96)40-22-68(130-90(126)32-11-61(107)80(122)62(108)12-32)83(133-86(39)40)28-3-53(99)76(118)54(100)4-28/h1-17,21,25-26,68-70,83-85,93-124H,18-20,22-24H2/t68-,69-,70-,83-,84-,85-/m1/s1. The molecule has 3 aliphatic heterocycles. The quantitative estimate of drug-likeness (QED) is 0.0164. The Balaban J connectivity index is 0.946. The van der Waals surface area contributed by atoms with Crippen LogP contribution >= 0.6 is 0 Å². The minimum Gasteiger partial charge on any atom is -0.507 e. The van der Waals surface area contributed by atoms with E-state index in [1.165, 1.54) is 0 Å². The second-order valence-corrected chi connectivity index (χ2v) is 31.4. The van der Waals surface area contributed by atoms with Gasteiger partial charge in [0.2, 0.25) is 0 Å². The molecule has 13 aromatic carbocycles. The van der Waals surface area contributed by atoms with Crippen molar-refractivity contribution < 1.29 is 216 Å². The Labute approximate surface area is 750 Å². The summed E-state index contributed by atoms with van der Waals surface area (Å²) in [5.74, 6) is -43.3. The number of carbonyl (C=O) groups is 4. The lowest BCUT2D eigenvalue weighted by atomic mass is 9.83. The van der Waals surface area contributed by atoms with E-state index in [0.29, 0.717) is 60.7 Å². The molecule has 0 aromatic heterocycles. The summed E-state index contributed by atoms with van der Waals surface area (Å²) in [6.07, 6.45) is -18.3. The lowest BCUT2D eigenvalue weighted by molar-refractivity contribution is -0.0197. The summed E-state index contributed by atoms with van der Waals surface area (Å²) in [6, 6.07) is 14.7. The maximum atomic E-state index is 14.6. The summed E-state index contributed by atoms with van der Waals surface area (Å²) >= 11 is 0. The average molecular weight is 1860 g/mol. The number of fused-ring (bicyclic) bond motifs is 4. The smallest absolute Gasteiger partial charge is 0.343 e. The number of benzene rings is 13. The predicted molar refractivity (Wildman–Crippen MR) is 449 cm³/mol. The topological polar surface area (TPSA) is 780 Å². The van der Waals surface area contributed by atoms with Gasteiger partial charge in [0.05, 0.1) is 22.3 Å². The maximum Gasteiger partial charge on any atom is 0.343 e. The third kappa shape index (κ3) is 15.8. The molecule has 0 fully saturated rings. The van der Waals surface area contributed by atoms with Crippen LogP contribution in [0.5, 0.6) is 207 Å². The normalized spacial score (nSPS) is 15.9. The number of phenolic OH excluding ortho intramolecular Hbond substituents is 32. The van der Waals surface area contributed by atoms with Crippen LogP contribution in [-0.4, -0.2) is 206 Å². The van der Waals surface area contributed by atoms with Gasteiger partial charge >= 0.3 is 23.9 Å². The van der Waals surface area contributed by atoms with Crippen LogP contribution in [0, 0.1) is 0 Å². The molecule has 32 N–H and O–H groups in total. The summed E-state index contributed by atoms with van der Waals surface area (Å²) < 4.78 is 43.7. The van der Waals surface area contributed by atoms with Gasteiger partial charge in [-0.15, -0.1) is 0 Å². The van der Waals surface area contributed by atoms with Gasteiger partial charge in [0.15, 0.2) is 156 Å². The average Bonchev–Trinajstić information content (AvgIpc) is 0.728. The first-order valence-corrected chi connectivity index (χ1v) is 39.3. The second-order valence-electron chi connectivity index (χ2n) is 31.4. The van der Waals surface area contributed by atoms with E-state index in [1.54, 1.807) is 0 Å². The van der Waals surface area contributed by atoms with Crippen molar-refractivity contribution in [2.75, 3.05) is 0 Å². The van der Waals surface area contributed by atoms with E-state index in [4.69, 9.17) is 33.2 Å². The fourth-order valence-corrected chi connectivity index (χ4v) is 16.3. The first kappa shape index (κ1) is 89.4. The SMILES string of the molecule is O=C(Oc1cc2c(O)cc(O)c(Cc3c(O)c(Cc4c(O)c(Cc5c(O)cc(O)c6c5O[C@H](c5cc(O)c(O)c(O)c5)[C@H](OC(=O)c5cc(O)c(O)c(O)c5)C6)c(O)c5c4O[C@H](c4cc(O)c(O)c(O)c4)[C@H](OC(=O)c4cc(O)c(O)c(O)c4)C5)c4c(c3O)C[C@@H](OC(=O)c3cc(O)c(O)c(O)c3)[C@@H](c3cc(O)c(O)c(O)c3)O4)c2cc1-c1cc(O)c(O)c(O)c1)c1cc(O)c(O)c(O)c1. The van der Waals surface area contributed by atoms with Crippen LogP contribution < -0.4 is 18.9 Å². The van der Waals surface area contributed by atoms with Crippen LogP contribution in [0.4, 0.5) is 0 Å². The number of ether oxygens (including phenoxy) is 7. The number of hydrogen-bond donors (Lipinski definition) is 32. The van der Waals surface area contributed by atoms with Crippen LogP contribution in [0.25, 0.3) is 21.9 Å². The zero-order valence-electron chi connectivity index (χ0n) is 68.1. The van der Waals surface area contributed by atoms with Gasteiger partial charge in [-0.25, -0.2) is 19.2 Å². The summed E-state index contributed by atoms with van der Waals surface area (Å²) in [5.41, 5.74) is -11.0. The zero-order chi connectivity index (χ0) is 97.4. The van der Waals surface area contributed by atoms with Crippen LogP contribution in [0.1, 0.15) is 127 Å². The van der Waals surface area contributed by atoms with E-state index >= 15 is 0 Å². The van der Waals surface area contributed by atoms with E-state index in [9.17, 15) is 183 Å². The number of esters is 4. The Kier molecular flexibility index (Phi) is 22.0. The van der Waals surface area contributed by atoms with Gasteiger partial charge in [-0.05, 0) is 120 Å². The largest absolute Gasteiger partial charge is 0.507 e. The first-order chi connectivity index (χ1) is 63.7. The number of phenols is 32. The lowest BCUT2D eigenvalue weighted by Gasteiger charge is -2.37. The molecule has 0 spiro atoms. The molecule has 0 aliphatic carbocycles. The first-order valence-electron chi connectivity index (χ1n) is 39.3. The Morgan fingerprint density at radius 3 is 0.837 bits per heavy atom. The van der Waals surface area contributed by atoms with Gasteiger partial charge < -0.3 is 197 Å². The number of hydrogen-bond acceptors (Lipinski definition) is 43. The molecule has 16 rings (SSSR count). The van der Waals surface area contributed by atoms with E-state index in [-0.39, 0.29) is 11.1 Å². The number of rotatable bonds is 18. The van der Waals surface area contributed by atoms with Gasteiger partial charge in [0.1, 0.15) is 87.3 Å². The molecule has 696 valence electrons. The fraction of sp³-hybridized carbons (Fsp3) is 0.130. The van der Waals surface area contributed by atoms with Gasteiger partial charge in [-0.3, -0.25) is 0 Å². The molecule has 0 bridgehead atoms. The highest BCUT2D eigenvalue weighted by molar-refractivity contribution is 6.01. The highest BCUT2D eigenvalue weighted by Crippen LogP contribution is 2.60. The Morgan fingerprint density at radius 2 is 0.504 bits per heavy atom. The number of aromatic hydroxyl groups is 32. The Hall–Kier alpha value is -19.0. The van der Waals surface area contributed by atoms with E-state index in [2.05, 4.69) is 0 Å². The molecule has 3 heterocycles. The van der Waals surface area contributed by atoms with Crippen molar-refractivity contribution >= 4 is 34.6 Å². The van der Waals surface area contributed by atoms with Crippen molar-refractivity contribution in [1.82, 2.24) is 0 Å². The van der Waals surface area contributed by atoms with Gasteiger partial charge in [0.25, 0.3) is 0 Å². The highest BCUT2D eigenvalue weighted by Gasteiger charge is 2.47. The van der Waals surface area contributed by atoms with Crippen molar-refractivity contribution in [1.29, 1.82) is 0 Å². The molecule has 13 aromatic rings. The predicted octanol–water partition coefficient (Wildman–Crippen LogP) is 9.78. The molecule has 0 saturated carbocycles. The van der Waals surface area contributed by atoms with Crippen LogP contribution in [0.2, 0.25) is 0 Å². The van der Waals surface area contributed by atoms with Crippen molar-refractivity contribution in [3.05, 3.63) is 210 Å². The molecule has 6 atom stereocenters. The minimum absolute atomic E-state index is 0.374. The van der Waals surface area contributed by atoms with Gasteiger partial charge in [-0.2, -0.15) is 0 Å². The van der Waals surface area contributed by atoms with Crippen molar-refractivity contribution in [2.45, 2.75) is 75.1 Å². The molecular formula is C92H70O43. The summed E-state index contributed by atoms with van der Waals surface area (Å²) in [7, 11) is 0. The van der Waals surface area contributed by atoms with Crippen molar-refractivity contribution in [3.8, 4) is 218 Å². The summed E-state index contributed by atoms with van der Waals surface area (Å²) in [6.45, 7) is 0. The molecule has 3 aliphatic rings. The van der Waals surface area contributed by atoms with Crippen molar-refractivity contribution in [3.63, 3.8) is 0 Å². The molecule has 0 unspecified atom stereocenters. The molecule has 135 heavy (non-hydrogen) atoms. The zero-order valence-corrected chi connectivity index (χ0v) is 68.1. The lowest BCUT2D eigenvalue weighted by Crippen LogP contribution is -2.36. The Morgan fingerprint density at radius 1 is 0.237 bits per heavy atom. The fourth-order valence-electron chi connectivity index (χ4n) is 16.3. The maximum absolute atomic E-state index is 14.6. The Bertz CT molecular complexity index is 7090. The molecule has 0 saturated heterocycles. The van der Waals surface area contributed by atoms with Gasteiger partial charge in [-0.1, -0.05) is 0 Å². The molecule has 0 radical (unpaired) electrons. The van der Waals surface area contributed by atoms with E-state index in [1.807, 2.05) is 0 Å². The van der Waals surface area contributed by atoms with E-state index in [0.717, 1.165) is 60.7 Å². The van der Waals surface area contributed by atoms with Crippen LogP contribution in [0.15, 0.2) is 121 Å².